The number of allylic oxidation sites excluding steroid dienone is 6. The third kappa shape index (κ3) is 1.44. The first-order valence-corrected chi connectivity index (χ1v) is 4.44. The van der Waals surface area contributed by atoms with E-state index in [-0.39, 0.29) is 11.9 Å². The van der Waals surface area contributed by atoms with Crippen molar-refractivity contribution in [1.82, 2.24) is 0 Å². The fourth-order valence-electron chi connectivity index (χ4n) is 1.82. The first-order valence-electron chi connectivity index (χ1n) is 4.44. The van der Waals surface area contributed by atoms with Gasteiger partial charge in [-0.05, 0) is 11.8 Å². The summed E-state index contributed by atoms with van der Waals surface area (Å²) in [5.74, 6) is 0.672. The second kappa shape index (κ2) is 3.21. The van der Waals surface area contributed by atoms with E-state index in [4.69, 9.17) is 4.74 Å². The molecule has 0 saturated heterocycles. The Kier molecular flexibility index (Phi) is 2.05. The van der Waals surface area contributed by atoms with Crippen molar-refractivity contribution in [3.8, 4) is 0 Å². The molecule has 2 unspecified atom stereocenters. The molecule has 2 heteroatoms. The zero-order chi connectivity index (χ0) is 9.26. The lowest BCUT2D eigenvalue weighted by Gasteiger charge is -1.93. The second-order valence-electron chi connectivity index (χ2n) is 3.36. The van der Waals surface area contributed by atoms with Crippen LogP contribution in [0.15, 0.2) is 36.5 Å². The van der Waals surface area contributed by atoms with Crippen LogP contribution in [-0.4, -0.2) is 13.1 Å². The van der Waals surface area contributed by atoms with Crippen molar-refractivity contribution in [2.45, 2.75) is 0 Å². The molecule has 2 nitrogen and oxygen atoms in total. The van der Waals surface area contributed by atoms with Crippen molar-refractivity contribution in [2.75, 3.05) is 7.11 Å². The van der Waals surface area contributed by atoms with Gasteiger partial charge in [-0.1, -0.05) is 36.5 Å². The lowest BCUT2D eigenvalue weighted by molar-refractivity contribution is -0.142. The summed E-state index contributed by atoms with van der Waals surface area (Å²) in [6, 6.07) is 0. The van der Waals surface area contributed by atoms with Gasteiger partial charge in [0, 0.05) is 0 Å². The first-order chi connectivity index (χ1) is 6.34. The van der Waals surface area contributed by atoms with Gasteiger partial charge in [0.05, 0.1) is 13.0 Å². The quantitative estimate of drug-likeness (QED) is 0.568. The molecule has 0 spiro atoms. The van der Waals surface area contributed by atoms with Crippen LogP contribution in [0.3, 0.4) is 0 Å². The van der Waals surface area contributed by atoms with Gasteiger partial charge in [-0.15, -0.1) is 0 Å². The predicted octanol–water partition coefficient (Wildman–Crippen LogP) is 1.70. The van der Waals surface area contributed by atoms with Crippen LogP contribution < -0.4 is 0 Å². The third-order valence-corrected chi connectivity index (χ3v) is 2.61. The van der Waals surface area contributed by atoms with Gasteiger partial charge in [-0.2, -0.15) is 0 Å². The smallest absolute Gasteiger partial charge is 0.309 e. The van der Waals surface area contributed by atoms with Crippen LogP contribution in [0.25, 0.3) is 0 Å². The van der Waals surface area contributed by atoms with E-state index in [1.807, 2.05) is 24.3 Å². The van der Waals surface area contributed by atoms with E-state index in [0.717, 1.165) is 0 Å². The summed E-state index contributed by atoms with van der Waals surface area (Å²) < 4.78 is 4.72. The van der Waals surface area contributed by atoms with E-state index < -0.39 is 0 Å². The van der Waals surface area contributed by atoms with Gasteiger partial charge in [-0.25, -0.2) is 0 Å². The molecule has 1 fully saturated rings. The lowest BCUT2D eigenvalue weighted by Crippen LogP contribution is -2.04. The average Bonchev–Trinajstić information content (AvgIpc) is 2.75. The molecule has 0 amide bonds. The Labute approximate surface area is 77.6 Å². The molecule has 0 N–H and O–H groups in total. The molecule has 0 aliphatic heterocycles. The van der Waals surface area contributed by atoms with Crippen molar-refractivity contribution >= 4 is 5.97 Å². The van der Waals surface area contributed by atoms with Crippen LogP contribution in [0.5, 0.6) is 0 Å². The molecular formula is C11H12O2. The Morgan fingerprint density at radius 3 is 2.08 bits per heavy atom. The van der Waals surface area contributed by atoms with Crippen LogP contribution in [0.1, 0.15) is 0 Å². The van der Waals surface area contributed by atoms with E-state index >= 15 is 0 Å². The van der Waals surface area contributed by atoms with Crippen molar-refractivity contribution in [1.29, 1.82) is 0 Å². The molecule has 2 rings (SSSR count). The van der Waals surface area contributed by atoms with Gasteiger partial charge < -0.3 is 4.74 Å². The minimum absolute atomic E-state index is 0.0531. The summed E-state index contributed by atoms with van der Waals surface area (Å²) in [5.41, 5.74) is 0. The highest BCUT2D eigenvalue weighted by Gasteiger charge is 2.52. The number of carbonyl (C=O) groups is 1. The maximum absolute atomic E-state index is 11.3. The average molecular weight is 176 g/mol. The number of ether oxygens (including phenoxy) is 1. The topological polar surface area (TPSA) is 26.3 Å². The highest BCUT2D eigenvalue weighted by molar-refractivity contribution is 5.77. The van der Waals surface area contributed by atoms with Crippen LogP contribution in [0, 0.1) is 17.8 Å². The van der Waals surface area contributed by atoms with E-state index in [1.54, 1.807) is 0 Å². The maximum Gasteiger partial charge on any atom is 0.309 e. The maximum atomic E-state index is 11.3. The summed E-state index contributed by atoms with van der Waals surface area (Å²) >= 11 is 0. The molecule has 0 radical (unpaired) electrons. The number of esters is 1. The molecule has 0 aromatic rings. The fraction of sp³-hybridized carbons (Fsp3) is 0.364. The Balaban J connectivity index is 2.11. The largest absolute Gasteiger partial charge is 0.469 e. The van der Waals surface area contributed by atoms with Gasteiger partial charge in [0.15, 0.2) is 0 Å². The SMILES string of the molecule is COC(=O)C1C2\C=C/C=C\C=C/C21. The normalized spacial score (nSPS) is 42.1. The Morgan fingerprint density at radius 1 is 1.08 bits per heavy atom. The standard InChI is InChI=1S/C11H12O2/c1-13-11(12)10-8-6-4-2-3-5-7-9(8)10/h2-10H,1H3/b3-2-,6-4-,7-5-. The van der Waals surface area contributed by atoms with Gasteiger partial charge in [-0.3, -0.25) is 4.79 Å². The molecule has 0 aromatic heterocycles. The molecule has 68 valence electrons. The Bertz CT molecular complexity index is 277. The number of fused-ring (bicyclic) bond motifs is 1. The molecular weight excluding hydrogens is 164 g/mol. The minimum Gasteiger partial charge on any atom is -0.469 e. The fourth-order valence-corrected chi connectivity index (χ4v) is 1.82. The second-order valence-corrected chi connectivity index (χ2v) is 3.36. The van der Waals surface area contributed by atoms with Crippen molar-refractivity contribution < 1.29 is 9.53 Å². The molecule has 0 aromatic carbocycles. The van der Waals surface area contributed by atoms with E-state index in [9.17, 15) is 4.79 Å². The monoisotopic (exact) mass is 176 g/mol. The number of hydrogen-bond acceptors (Lipinski definition) is 2. The molecule has 0 bridgehead atoms. The van der Waals surface area contributed by atoms with Crippen molar-refractivity contribution in [2.24, 2.45) is 17.8 Å². The van der Waals surface area contributed by atoms with Crippen LogP contribution >= 0.6 is 0 Å². The Morgan fingerprint density at radius 2 is 1.62 bits per heavy atom. The number of carbonyl (C=O) groups excluding carboxylic acids is 1. The molecule has 2 aliphatic carbocycles. The summed E-state index contributed by atoms with van der Waals surface area (Å²) in [6.07, 6.45) is 12.1. The molecule has 13 heavy (non-hydrogen) atoms. The molecule has 2 atom stereocenters. The molecule has 1 saturated carbocycles. The van der Waals surface area contributed by atoms with Crippen LogP contribution in [0.4, 0.5) is 0 Å². The zero-order valence-corrected chi connectivity index (χ0v) is 7.51. The number of methoxy groups -OCH3 is 1. The van der Waals surface area contributed by atoms with Gasteiger partial charge in [0.25, 0.3) is 0 Å². The summed E-state index contributed by atoms with van der Waals surface area (Å²) in [5, 5.41) is 0. The third-order valence-electron chi connectivity index (χ3n) is 2.61. The van der Waals surface area contributed by atoms with Gasteiger partial charge in [0.2, 0.25) is 0 Å². The molecule has 2 aliphatic rings. The van der Waals surface area contributed by atoms with Gasteiger partial charge >= 0.3 is 5.97 Å². The predicted molar refractivity (Wildman–Crippen MR) is 49.9 cm³/mol. The van der Waals surface area contributed by atoms with Crippen molar-refractivity contribution in [3.05, 3.63) is 36.5 Å². The van der Waals surface area contributed by atoms with E-state index in [2.05, 4.69) is 12.2 Å². The number of rotatable bonds is 1. The highest BCUT2D eigenvalue weighted by atomic mass is 16.5. The minimum atomic E-state index is -0.0915. The van der Waals surface area contributed by atoms with Crippen molar-refractivity contribution in [3.63, 3.8) is 0 Å². The molecule has 0 heterocycles. The number of hydrogen-bond donors (Lipinski definition) is 0. The highest BCUT2D eigenvalue weighted by Crippen LogP contribution is 2.49. The lowest BCUT2D eigenvalue weighted by atomic mass is 10.2. The van der Waals surface area contributed by atoms with E-state index in [0.29, 0.717) is 11.8 Å². The van der Waals surface area contributed by atoms with Crippen LogP contribution in [0.2, 0.25) is 0 Å². The first kappa shape index (κ1) is 8.30. The summed E-state index contributed by atoms with van der Waals surface area (Å²) in [7, 11) is 1.44. The van der Waals surface area contributed by atoms with Gasteiger partial charge in [0.1, 0.15) is 0 Å². The Hall–Kier alpha value is -1.31. The summed E-state index contributed by atoms with van der Waals surface area (Å²) in [4.78, 5) is 11.3. The van der Waals surface area contributed by atoms with E-state index in [1.165, 1.54) is 7.11 Å². The zero-order valence-electron chi connectivity index (χ0n) is 7.51. The summed E-state index contributed by atoms with van der Waals surface area (Å²) in [6.45, 7) is 0. The van der Waals surface area contributed by atoms with Crippen LogP contribution in [-0.2, 0) is 9.53 Å².